The molecular formula is C24H19Cl2N3O4. The van der Waals surface area contributed by atoms with Gasteiger partial charge >= 0.3 is 0 Å². The minimum Gasteiger partial charge on any atom is -0.507 e. The summed E-state index contributed by atoms with van der Waals surface area (Å²) in [6.07, 6.45) is 1.45. The van der Waals surface area contributed by atoms with Gasteiger partial charge in [0.2, 0.25) is 5.95 Å². The normalized spacial score (nSPS) is 10.6. The average molecular weight is 484 g/mol. The molecule has 3 aromatic carbocycles. The summed E-state index contributed by atoms with van der Waals surface area (Å²) in [5, 5.41) is 11.6. The predicted molar refractivity (Wildman–Crippen MR) is 127 cm³/mol. The Bertz CT molecular complexity index is 1300. The lowest BCUT2D eigenvalue weighted by molar-refractivity contribution is 0.304. The first-order valence-electron chi connectivity index (χ1n) is 9.77. The van der Waals surface area contributed by atoms with Crippen molar-refractivity contribution in [1.82, 2.24) is 9.97 Å². The van der Waals surface area contributed by atoms with E-state index < -0.39 is 0 Å². The van der Waals surface area contributed by atoms with E-state index in [0.717, 1.165) is 5.56 Å². The molecule has 0 fully saturated rings. The maximum atomic E-state index is 10.7. The van der Waals surface area contributed by atoms with Crippen molar-refractivity contribution in [1.29, 1.82) is 0 Å². The summed E-state index contributed by atoms with van der Waals surface area (Å²) in [5.41, 5.74) is 7.37. The fraction of sp³-hybridized carbons (Fsp3) is 0.0833. The summed E-state index contributed by atoms with van der Waals surface area (Å²) >= 11 is 12.0. The van der Waals surface area contributed by atoms with Gasteiger partial charge in [-0.1, -0.05) is 35.3 Å². The number of phenolic OH excluding ortho intramolecular Hbond substituents is 1. The zero-order valence-electron chi connectivity index (χ0n) is 17.5. The molecule has 9 heteroatoms. The molecule has 3 N–H and O–H groups in total. The highest BCUT2D eigenvalue weighted by Crippen LogP contribution is 2.38. The van der Waals surface area contributed by atoms with Crippen LogP contribution < -0.4 is 19.9 Å². The minimum absolute atomic E-state index is 0.0438. The average Bonchev–Trinajstić information content (AvgIpc) is 2.81. The number of hydrogen-bond acceptors (Lipinski definition) is 7. The van der Waals surface area contributed by atoms with Crippen LogP contribution in [0.15, 0.2) is 66.9 Å². The van der Waals surface area contributed by atoms with Crippen molar-refractivity contribution in [3.8, 4) is 40.0 Å². The lowest BCUT2D eigenvalue weighted by Crippen LogP contribution is -2.00. The smallest absolute Gasteiger partial charge is 0.220 e. The van der Waals surface area contributed by atoms with E-state index in [-0.39, 0.29) is 18.3 Å². The van der Waals surface area contributed by atoms with E-state index in [1.165, 1.54) is 12.3 Å². The number of rotatable bonds is 7. The molecule has 1 aromatic heterocycles. The third-order valence-electron chi connectivity index (χ3n) is 4.66. The van der Waals surface area contributed by atoms with Gasteiger partial charge < -0.3 is 25.1 Å². The van der Waals surface area contributed by atoms with Gasteiger partial charge in [0.15, 0.2) is 5.75 Å². The number of methoxy groups -OCH3 is 1. The molecule has 1 heterocycles. The molecule has 0 saturated heterocycles. The second kappa shape index (κ2) is 9.85. The standard InChI is InChI=1S/C24H19Cl2N3O4/c1-31-15-3-2-4-17(10-15)33-22-12-28-24(27)29-23(22)18-7-6-16(11-21(18)30)32-13-14-5-8-19(25)20(26)9-14/h2-12,30H,13H2,1H3,(H2,27,28,29). The molecule has 0 radical (unpaired) electrons. The monoisotopic (exact) mass is 483 g/mol. The Labute approximate surface area is 200 Å². The summed E-state index contributed by atoms with van der Waals surface area (Å²) in [5.74, 6) is 1.91. The molecule has 0 bridgehead atoms. The van der Waals surface area contributed by atoms with Gasteiger partial charge in [0, 0.05) is 17.7 Å². The van der Waals surface area contributed by atoms with E-state index >= 15 is 0 Å². The number of hydrogen-bond donors (Lipinski definition) is 2. The van der Waals surface area contributed by atoms with Crippen LogP contribution in [0.5, 0.6) is 28.7 Å². The Morgan fingerprint density at radius 3 is 2.52 bits per heavy atom. The van der Waals surface area contributed by atoms with Gasteiger partial charge in [0.25, 0.3) is 0 Å². The summed E-state index contributed by atoms with van der Waals surface area (Å²) in [6, 6.07) is 17.2. The number of nitrogens with zero attached hydrogens (tertiary/aromatic N) is 2. The number of phenols is 1. The van der Waals surface area contributed by atoms with Gasteiger partial charge in [-0.3, -0.25) is 0 Å². The Morgan fingerprint density at radius 1 is 0.939 bits per heavy atom. The molecule has 7 nitrogen and oxygen atoms in total. The Kier molecular flexibility index (Phi) is 6.72. The Balaban J connectivity index is 1.58. The maximum Gasteiger partial charge on any atom is 0.220 e. The second-order valence-corrected chi connectivity index (χ2v) is 7.75. The van der Waals surface area contributed by atoms with Crippen molar-refractivity contribution in [2.45, 2.75) is 6.61 Å². The first kappa shape index (κ1) is 22.5. The molecule has 0 aliphatic carbocycles. The summed E-state index contributed by atoms with van der Waals surface area (Å²) < 4.78 is 16.9. The van der Waals surface area contributed by atoms with Crippen LogP contribution in [0.1, 0.15) is 5.56 Å². The number of halogens is 2. The molecule has 33 heavy (non-hydrogen) atoms. The third-order valence-corrected chi connectivity index (χ3v) is 5.40. The fourth-order valence-corrected chi connectivity index (χ4v) is 3.36. The molecule has 0 aliphatic rings. The number of nitrogen functional groups attached to an aromatic ring is 1. The van der Waals surface area contributed by atoms with Gasteiger partial charge in [-0.2, -0.15) is 0 Å². The van der Waals surface area contributed by atoms with Crippen LogP contribution in [0, 0.1) is 0 Å². The van der Waals surface area contributed by atoms with E-state index in [1.54, 1.807) is 55.6 Å². The van der Waals surface area contributed by atoms with Crippen LogP contribution in [0.25, 0.3) is 11.3 Å². The lowest BCUT2D eigenvalue weighted by Gasteiger charge is -2.13. The van der Waals surface area contributed by atoms with Gasteiger partial charge in [-0.25, -0.2) is 9.97 Å². The number of nitrogens with two attached hydrogens (primary N) is 1. The van der Waals surface area contributed by atoms with Crippen molar-refractivity contribution in [3.05, 3.63) is 82.5 Å². The van der Waals surface area contributed by atoms with Gasteiger partial charge in [0.05, 0.1) is 23.4 Å². The van der Waals surface area contributed by atoms with E-state index in [4.69, 9.17) is 43.1 Å². The lowest BCUT2D eigenvalue weighted by atomic mass is 10.1. The zero-order chi connectivity index (χ0) is 23.4. The van der Waals surface area contributed by atoms with Gasteiger partial charge in [0.1, 0.15) is 35.3 Å². The van der Waals surface area contributed by atoms with Gasteiger partial charge in [-0.05, 0) is 42.0 Å². The number of benzene rings is 3. The van der Waals surface area contributed by atoms with Crippen molar-refractivity contribution >= 4 is 29.2 Å². The molecule has 0 amide bonds. The molecule has 0 saturated carbocycles. The van der Waals surface area contributed by atoms with E-state index in [2.05, 4.69) is 9.97 Å². The largest absolute Gasteiger partial charge is 0.507 e. The first-order chi connectivity index (χ1) is 15.9. The van der Waals surface area contributed by atoms with E-state index in [1.807, 2.05) is 6.07 Å². The van der Waals surface area contributed by atoms with E-state index in [0.29, 0.717) is 44.3 Å². The van der Waals surface area contributed by atoms with Crippen molar-refractivity contribution in [2.75, 3.05) is 12.8 Å². The second-order valence-electron chi connectivity index (χ2n) is 6.94. The highest BCUT2D eigenvalue weighted by Gasteiger charge is 2.16. The number of aromatic hydroxyl groups is 1. The van der Waals surface area contributed by atoms with Crippen LogP contribution in [0.4, 0.5) is 5.95 Å². The van der Waals surface area contributed by atoms with Crippen LogP contribution in [0.3, 0.4) is 0 Å². The number of aromatic nitrogens is 2. The molecule has 0 aliphatic heterocycles. The molecule has 0 atom stereocenters. The van der Waals surface area contributed by atoms with Crippen molar-refractivity contribution in [3.63, 3.8) is 0 Å². The quantitative estimate of drug-likeness (QED) is 0.326. The molecule has 0 unspecified atom stereocenters. The summed E-state index contributed by atoms with van der Waals surface area (Å²) in [4.78, 5) is 8.28. The minimum atomic E-state index is -0.0600. The highest BCUT2D eigenvalue weighted by atomic mass is 35.5. The molecule has 0 spiro atoms. The van der Waals surface area contributed by atoms with Crippen LogP contribution >= 0.6 is 23.2 Å². The van der Waals surface area contributed by atoms with Crippen LogP contribution in [-0.4, -0.2) is 22.2 Å². The van der Waals surface area contributed by atoms with Crippen LogP contribution in [0.2, 0.25) is 10.0 Å². The molecule has 4 rings (SSSR count). The number of ether oxygens (including phenoxy) is 3. The SMILES string of the molecule is COc1cccc(Oc2cnc(N)nc2-c2ccc(OCc3ccc(Cl)c(Cl)c3)cc2O)c1. The predicted octanol–water partition coefficient (Wildman–Crippen LogP) is 6.12. The maximum absolute atomic E-state index is 10.7. The molecule has 4 aromatic rings. The van der Waals surface area contributed by atoms with Crippen LogP contribution in [-0.2, 0) is 6.61 Å². The first-order valence-corrected chi connectivity index (χ1v) is 10.5. The summed E-state index contributed by atoms with van der Waals surface area (Å²) in [6.45, 7) is 0.250. The van der Waals surface area contributed by atoms with Crippen molar-refractivity contribution in [2.24, 2.45) is 0 Å². The topological polar surface area (TPSA) is 99.7 Å². The highest BCUT2D eigenvalue weighted by molar-refractivity contribution is 6.42. The molecule has 168 valence electrons. The van der Waals surface area contributed by atoms with Gasteiger partial charge in [-0.15, -0.1) is 0 Å². The third kappa shape index (κ3) is 5.39. The van der Waals surface area contributed by atoms with Crippen molar-refractivity contribution < 1.29 is 19.3 Å². The van der Waals surface area contributed by atoms with E-state index in [9.17, 15) is 5.11 Å². The molecular weight excluding hydrogens is 465 g/mol. The Morgan fingerprint density at radius 2 is 1.76 bits per heavy atom. The Hall–Kier alpha value is -3.68. The number of anilines is 1. The fourth-order valence-electron chi connectivity index (χ4n) is 3.04. The zero-order valence-corrected chi connectivity index (χ0v) is 19.0. The summed E-state index contributed by atoms with van der Waals surface area (Å²) in [7, 11) is 1.57.